The summed E-state index contributed by atoms with van der Waals surface area (Å²) < 4.78 is 32.6. The molecule has 1 saturated heterocycles. The van der Waals surface area contributed by atoms with Gasteiger partial charge in [-0.25, -0.2) is 13.8 Å². The van der Waals surface area contributed by atoms with Crippen LogP contribution in [0, 0.1) is 11.6 Å². The SMILES string of the molecule is CCNC(=NCc1ccccc1CN1CCOCC1)NCCc1cc(F)ccc1F. The lowest BCUT2D eigenvalue weighted by Crippen LogP contribution is -2.38. The summed E-state index contributed by atoms with van der Waals surface area (Å²) >= 11 is 0. The Bertz CT molecular complexity index is 838. The summed E-state index contributed by atoms with van der Waals surface area (Å²) in [6, 6.07) is 11.9. The summed E-state index contributed by atoms with van der Waals surface area (Å²) in [6.45, 7) is 8.05. The van der Waals surface area contributed by atoms with Gasteiger partial charge in [0.1, 0.15) is 11.6 Å². The molecule has 2 aromatic carbocycles. The average Bonchev–Trinajstić information content (AvgIpc) is 2.76. The van der Waals surface area contributed by atoms with E-state index in [0.717, 1.165) is 51.5 Å². The molecule has 0 aliphatic carbocycles. The van der Waals surface area contributed by atoms with Gasteiger partial charge in [-0.2, -0.15) is 0 Å². The standard InChI is InChI=1S/C23H30F2N4O/c1-2-26-23(27-10-9-18-15-21(24)7-8-22(18)25)28-16-19-5-3-4-6-20(19)17-29-11-13-30-14-12-29/h3-8,15H,2,9-14,16-17H2,1H3,(H2,26,27,28). The Kier molecular flexibility index (Phi) is 8.59. The summed E-state index contributed by atoms with van der Waals surface area (Å²) in [5, 5.41) is 6.42. The molecule has 1 fully saturated rings. The molecule has 1 aliphatic rings. The zero-order valence-electron chi connectivity index (χ0n) is 17.5. The maximum atomic E-state index is 13.8. The lowest BCUT2D eigenvalue weighted by molar-refractivity contribution is 0.0341. The number of nitrogens with one attached hydrogen (secondary N) is 2. The van der Waals surface area contributed by atoms with Crippen molar-refractivity contribution in [3.05, 3.63) is 70.8 Å². The molecule has 0 atom stereocenters. The highest BCUT2D eigenvalue weighted by Crippen LogP contribution is 2.14. The Labute approximate surface area is 177 Å². The Hall–Kier alpha value is -2.51. The van der Waals surface area contributed by atoms with E-state index in [2.05, 4.69) is 33.7 Å². The first-order chi connectivity index (χ1) is 14.7. The molecule has 0 amide bonds. The zero-order chi connectivity index (χ0) is 21.2. The van der Waals surface area contributed by atoms with Crippen molar-refractivity contribution in [3.8, 4) is 0 Å². The van der Waals surface area contributed by atoms with E-state index in [0.29, 0.717) is 31.0 Å². The smallest absolute Gasteiger partial charge is 0.191 e. The third-order valence-electron chi connectivity index (χ3n) is 5.06. The summed E-state index contributed by atoms with van der Waals surface area (Å²) in [4.78, 5) is 7.08. The van der Waals surface area contributed by atoms with Crippen LogP contribution in [0.15, 0.2) is 47.5 Å². The highest BCUT2D eigenvalue weighted by atomic mass is 19.1. The number of halogens is 2. The van der Waals surface area contributed by atoms with Gasteiger partial charge >= 0.3 is 0 Å². The summed E-state index contributed by atoms with van der Waals surface area (Å²) in [7, 11) is 0. The maximum Gasteiger partial charge on any atom is 0.191 e. The highest BCUT2D eigenvalue weighted by molar-refractivity contribution is 5.79. The maximum absolute atomic E-state index is 13.8. The molecule has 3 rings (SSSR count). The molecule has 0 radical (unpaired) electrons. The van der Waals surface area contributed by atoms with Gasteiger partial charge in [0.15, 0.2) is 5.96 Å². The van der Waals surface area contributed by atoms with Gasteiger partial charge in [-0.3, -0.25) is 4.90 Å². The fraction of sp³-hybridized carbons (Fsp3) is 0.435. The number of ether oxygens (including phenoxy) is 1. The highest BCUT2D eigenvalue weighted by Gasteiger charge is 2.12. The third kappa shape index (κ3) is 6.78. The normalized spacial score (nSPS) is 15.2. The van der Waals surface area contributed by atoms with Gasteiger partial charge in [0.2, 0.25) is 0 Å². The van der Waals surface area contributed by atoms with Crippen LogP contribution >= 0.6 is 0 Å². The van der Waals surface area contributed by atoms with Crippen LogP contribution < -0.4 is 10.6 Å². The fourth-order valence-corrected chi connectivity index (χ4v) is 3.42. The number of nitrogens with zero attached hydrogens (tertiary/aromatic N) is 2. The fourth-order valence-electron chi connectivity index (χ4n) is 3.42. The van der Waals surface area contributed by atoms with E-state index in [4.69, 9.17) is 9.73 Å². The van der Waals surface area contributed by atoms with Crippen molar-refractivity contribution in [2.75, 3.05) is 39.4 Å². The molecule has 1 heterocycles. The molecule has 0 aromatic heterocycles. The van der Waals surface area contributed by atoms with Crippen LogP contribution in [0.3, 0.4) is 0 Å². The van der Waals surface area contributed by atoms with Crippen molar-refractivity contribution in [2.45, 2.75) is 26.4 Å². The van der Waals surface area contributed by atoms with Gasteiger partial charge < -0.3 is 15.4 Å². The Balaban J connectivity index is 1.59. The molecular weight excluding hydrogens is 386 g/mol. The second-order valence-corrected chi connectivity index (χ2v) is 7.26. The lowest BCUT2D eigenvalue weighted by atomic mass is 10.1. The second kappa shape index (κ2) is 11.6. The minimum absolute atomic E-state index is 0.356. The molecule has 7 heteroatoms. The topological polar surface area (TPSA) is 48.9 Å². The van der Waals surface area contributed by atoms with E-state index in [1.165, 1.54) is 17.2 Å². The third-order valence-corrected chi connectivity index (χ3v) is 5.06. The molecule has 2 aromatic rings. The second-order valence-electron chi connectivity index (χ2n) is 7.26. The lowest BCUT2D eigenvalue weighted by Gasteiger charge is -2.27. The van der Waals surface area contributed by atoms with Crippen molar-refractivity contribution in [1.82, 2.24) is 15.5 Å². The van der Waals surface area contributed by atoms with Crippen molar-refractivity contribution < 1.29 is 13.5 Å². The molecule has 5 nitrogen and oxygen atoms in total. The first-order valence-corrected chi connectivity index (χ1v) is 10.5. The van der Waals surface area contributed by atoms with Gasteiger partial charge in [0.25, 0.3) is 0 Å². The summed E-state index contributed by atoms with van der Waals surface area (Å²) in [5.41, 5.74) is 2.80. The van der Waals surface area contributed by atoms with Gasteiger partial charge in [0, 0.05) is 32.7 Å². The van der Waals surface area contributed by atoms with Crippen molar-refractivity contribution in [1.29, 1.82) is 0 Å². The summed E-state index contributed by atoms with van der Waals surface area (Å²) in [5.74, 6) is -0.156. The Morgan fingerprint density at radius 2 is 1.80 bits per heavy atom. The first kappa shape index (κ1) is 22.2. The van der Waals surface area contributed by atoms with E-state index in [1.807, 2.05) is 13.0 Å². The molecule has 1 aliphatic heterocycles. The number of morpholine rings is 1. The van der Waals surface area contributed by atoms with Gasteiger partial charge in [-0.15, -0.1) is 0 Å². The largest absolute Gasteiger partial charge is 0.379 e. The predicted octanol–water partition coefficient (Wildman–Crippen LogP) is 3.09. The van der Waals surface area contributed by atoms with Crippen LogP contribution in [0.4, 0.5) is 8.78 Å². The first-order valence-electron chi connectivity index (χ1n) is 10.5. The zero-order valence-corrected chi connectivity index (χ0v) is 17.5. The van der Waals surface area contributed by atoms with E-state index in [1.54, 1.807) is 0 Å². The van der Waals surface area contributed by atoms with E-state index >= 15 is 0 Å². The number of guanidine groups is 1. The van der Waals surface area contributed by atoms with Gasteiger partial charge in [0.05, 0.1) is 19.8 Å². The van der Waals surface area contributed by atoms with Crippen LogP contribution in [0.25, 0.3) is 0 Å². The van der Waals surface area contributed by atoms with E-state index in [-0.39, 0.29) is 0 Å². The van der Waals surface area contributed by atoms with E-state index in [9.17, 15) is 8.78 Å². The number of rotatable bonds is 8. The molecular formula is C23H30F2N4O. The molecule has 2 N–H and O–H groups in total. The number of hydrogen-bond acceptors (Lipinski definition) is 3. The average molecular weight is 417 g/mol. The monoisotopic (exact) mass is 416 g/mol. The number of benzene rings is 2. The van der Waals surface area contributed by atoms with E-state index < -0.39 is 11.6 Å². The molecule has 0 unspecified atom stereocenters. The molecule has 30 heavy (non-hydrogen) atoms. The van der Waals surface area contributed by atoms with Crippen molar-refractivity contribution in [3.63, 3.8) is 0 Å². The van der Waals surface area contributed by atoms with Gasteiger partial charge in [-0.05, 0) is 48.2 Å². The molecule has 0 spiro atoms. The Morgan fingerprint density at radius 1 is 1.03 bits per heavy atom. The quantitative estimate of drug-likeness (QED) is 0.513. The van der Waals surface area contributed by atoms with Crippen LogP contribution in [-0.2, 0) is 24.2 Å². The minimum atomic E-state index is -0.427. The number of aliphatic imine (C=N–C) groups is 1. The van der Waals surface area contributed by atoms with Crippen molar-refractivity contribution in [2.24, 2.45) is 4.99 Å². The molecule has 0 saturated carbocycles. The van der Waals surface area contributed by atoms with Crippen LogP contribution in [-0.4, -0.2) is 50.3 Å². The van der Waals surface area contributed by atoms with Crippen molar-refractivity contribution >= 4 is 5.96 Å². The molecule has 162 valence electrons. The van der Waals surface area contributed by atoms with Crippen LogP contribution in [0.2, 0.25) is 0 Å². The molecule has 0 bridgehead atoms. The minimum Gasteiger partial charge on any atom is -0.379 e. The van der Waals surface area contributed by atoms with Crippen LogP contribution in [0.5, 0.6) is 0 Å². The summed E-state index contributed by atoms with van der Waals surface area (Å²) in [6.07, 6.45) is 0.377. The number of hydrogen-bond donors (Lipinski definition) is 2. The predicted molar refractivity (Wildman–Crippen MR) is 115 cm³/mol. The van der Waals surface area contributed by atoms with Crippen LogP contribution in [0.1, 0.15) is 23.6 Å². The Morgan fingerprint density at radius 3 is 2.57 bits per heavy atom. The van der Waals surface area contributed by atoms with Gasteiger partial charge in [-0.1, -0.05) is 24.3 Å².